The van der Waals surface area contributed by atoms with Crippen molar-refractivity contribution >= 4 is 23.1 Å². The van der Waals surface area contributed by atoms with Crippen molar-refractivity contribution in [2.24, 2.45) is 0 Å². The summed E-state index contributed by atoms with van der Waals surface area (Å²) >= 11 is 5.69. The number of nitrogens with zero attached hydrogens (tertiary/aromatic N) is 2. The van der Waals surface area contributed by atoms with E-state index in [4.69, 9.17) is 17.3 Å². The van der Waals surface area contributed by atoms with Gasteiger partial charge in [0.2, 0.25) is 0 Å². The van der Waals surface area contributed by atoms with Gasteiger partial charge in [-0.2, -0.15) is 5.10 Å². The van der Waals surface area contributed by atoms with E-state index in [-0.39, 0.29) is 6.04 Å². The maximum atomic E-state index is 5.91. The van der Waals surface area contributed by atoms with Gasteiger partial charge < -0.3 is 11.1 Å². The average Bonchev–Trinajstić information content (AvgIpc) is 2.41. The summed E-state index contributed by atoms with van der Waals surface area (Å²) in [5.74, 6) is 0.810. The summed E-state index contributed by atoms with van der Waals surface area (Å²) in [7, 11) is 0. The van der Waals surface area contributed by atoms with Gasteiger partial charge in [-0.15, -0.1) is 0 Å². The molecule has 0 fully saturated rings. The number of aromatic nitrogens is 2. The lowest BCUT2D eigenvalue weighted by Gasteiger charge is -2.12. The lowest BCUT2D eigenvalue weighted by molar-refractivity contribution is 0.535. The zero-order valence-electron chi connectivity index (χ0n) is 9.34. The number of hydrogen-bond donors (Lipinski definition) is 2. The van der Waals surface area contributed by atoms with Gasteiger partial charge in [0.1, 0.15) is 5.82 Å². The van der Waals surface area contributed by atoms with E-state index in [0.29, 0.717) is 17.3 Å². The molecule has 3 N–H and O–H groups in total. The van der Waals surface area contributed by atoms with Crippen molar-refractivity contribution in [3.63, 3.8) is 0 Å². The maximum Gasteiger partial charge on any atom is 0.148 e. The zero-order valence-corrected chi connectivity index (χ0v) is 10.1. The number of nitrogens with two attached hydrogens (primary N) is 1. The average molecular weight is 229 g/mol. The Labute approximate surface area is 95.1 Å². The molecule has 0 unspecified atom stereocenters. The molecule has 0 aliphatic carbocycles. The first kappa shape index (κ1) is 11.9. The summed E-state index contributed by atoms with van der Waals surface area (Å²) in [4.78, 5) is 0. The highest BCUT2D eigenvalue weighted by Crippen LogP contribution is 2.25. The molecule has 0 saturated heterocycles. The van der Waals surface area contributed by atoms with Crippen LogP contribution in [-0.4, -0.2) is 16.3 Å². The highest BCUT2D eigenvalue weighted by molar-refractivity contribution is 6.29. The second-order valence-corrected chi connectivity index (χ2v) is 4.29. The van der Waals surface area contributed by atoms with Gasteiger partial charge >= 0.3 is 0 Å². The Morgan fingerprint density at radius 2 is 2.27 bits per heavy atom. The maximum absolute atomic E-state index is 5.91. The fourth-order valence-corrected chi connectivity index (χ4v) is 1.36. The molecular weight excluding hydrogens is 212 g/mol. The molecule has 0 bridgehead atoms. The Bertz CT molecular complexity index is 368. The SMILES string of the molecule is C=C(Cl)CNc1c(N)c(C)nn1C(C)C. The van der Waals surface area contributed by atoms with Crippen LogP contribution in [0.5, 0.6) is 0 Å². The molecule has 1 rings (SSSR count). The molecule has 0 saturated carbocycles. The Kier molecular flexibility index (Phi) is 3.63. The Balaban J connectivity index is 2.97. The van der Waals surface area contributed by atoms with Crippen LogP contribution in [0, 0.1) is 6.92 Å². The van der Waals surface area contributed by atoms with E-state index in [1.807, 2.05) is 25.5 Å². The van der Waals surface area contributed by atoms with E-state index in [0.717, 1.165) is 11.5 Å². The van der Waals surface area contributed by atoms with Crippen LogP contribution >= 0.6 is 11.6 Å². The van der Waals surface area contributed by atoms with Crippen LogP contribution in [0.1, 0.15) is 25.6 Å². The number of halogens is 1. The number of rotatable bonds is 4. The highest BCUT2D eigenvalue weighted by Gasteiger charge is 2.13. The molecule has 5 heteroatoms. The van der Waals surface area contributed by atoms with Gasteiger partial charge in [0.15, 0.2) is 0 Å². The molecular formula is C10H17ClN4. The third-order valence-corrected chi connectivity index (χ3v) is 2.20. The van der Waals surface area contributed by atoms with Crippen molar-refractivity contribution in [3.8, 4) is 0 Å². The summed E-state index contributed by atoms with van der Waals surface area (Å²) in [5, 5.41) is 8.02. The van der Waals surface area contributed by atoms with Crippen LogP contribution < -0.4 is 11.1 Å². The molecule has 0 radical (unpaired) electrons. The molecule has 0 aliphatic heterocycles. The van der Waals surface area contributed by atoms with Crippen molar-refractivity contribution in [1.29, 1.82) is 0 Å². The molecule has 1 aromatic heterocycles. The van der Waals surface area contributed by atoms with Gasteiger partial charge in [0, 0.05) is 11.1 Å². The molecule has 0 spiro atoms. The van der Waals surface area contributed by atoms with Crippen LogP contribution in [0.4, 0.5) is 11.5 Å². The van der Waals surface area contributed by atoms with Crippen LogP contribution in [0.25, 0.3) is 0 Å². The lowest BCUT2D eigenvalue weighted by Crippen LogP contribution is -2.11. The third kappa shape index (κ3) is 2.65. The quantitative estimate of drug-likeness (QED) is 0.833. The molecule has 0 aliphatic rings. The summed E-state index contributed by atoms with van der Waals surface area (Å²) in [6.45, 7) is 10.1. The highest BCUT2D eigenvalue weighted by atomic mass is 35.5. The fraction of sp³-hybridized carbons (Fsp3) is 0.500. The van der Waals surface area contributed by atoms with Gasteiger partial charge in [-0.1, -0.05) is 18.2 Å². The molecule has 1 aromatic rings. The predicted molar refractivity (Wildman–Crippen MR) is 65.2 cm³/mol. The third-order valence-electron chi connectivity index (χ3n) is 2.07. The standard InChI is InChI=1S/C10H17ClN4/c1-6(2)15-10(13-5-7(3)11)9(12)8(4)14-15/h6,13H,3,5,12H2,1-2,4H3. The minimum absolute atomic E-state index is 0.257. The van der Waals surface area contributed by atoms with Gasteiger partial charge in [-0.25, -0.2) is 4.68 Å². The van der Waals surface area contributed by atoms with Gasteiger partial charge in [-0.3, -0.25) is 0 Å². The van der Waals surface area contributed by atoms with Crippen molar-refractivity contribution in [2.75, 3.05) is 17.6 Å². The first-order valence-electron chi connectivity index (χ1n) is 4.85. The second kappa shape index (κ2) is 4.57. The van der Waals surface area contributed by atoms with Crippen LogP contribution in [-0.2, 0) is 0 Å². The zero-order chi connectivity index (χ0) is 11.6. The topological polar surface area (TPSA) is 55.9 Å². The number of nitrogens with one attached hydrogen (secondary N) is 1. The molecule has 0 amide bonds. The number of hydrogen-bond acceptors (Lipinski definition) is 3. The summed E-state index contributed by atoms with van der Waals surface area (Å²) in [6, 6.07) is 0.257. The van der Waals surface area contributed by atoms with E-state index < -0.39 is 0 Å². The van der Waals surface area contributed by atoms with Gasteiger partial charge in [0.05, 0.1) is 17.9 Å². The minimum Gasteiger partial charge on any atom is -0.394 e. The number of aryl methyl sites for hydroxylation is 1. The van der Waals surface area contributed by atoms with Crippen molar-refractivity contribution in [1.82, 2.24) is 9.78 Å². The van der Waals surface area contributed by atoms with Crippen LogP contribution in [0.2, 0.25) is 0 Å². The summed E-state index contributed by atoms with van der Waals surface area (Å²) in [5.41, 5.74) is 7.40. The molecule has 0 atom stereocenters. The van der Waals surface area contributed by atoms with E-state index in [2.05, 4.69) is 17.0 Å². The Morgan fingerprint density at radius 3 is 2.73 bits per heavy atom. The van der Waals surface area contributed by atoms with E-state index >= 15 is 0 Å². The molecule has 84 valence electrons. The van der Waals surface area contributed by atoms with E-state index in [9.17, 15) is 0 Å². The molecule has 15 heavy (non-hydrogen) atoms. The van der Waals surface area contributed by atoms with E-state index in [1.54, 1.807) is 0 Å². The van der Waals surface area contributed by atoms with E-state index in [1.165, 1.54) is 0 Å². The summed E-state index contributed by atoms with van der Waals surface area (Å²) in [6.07, 6.45) is 0. The normalized spacial score (nSPS) is 10.7. The number of nitrogen functional groups attached to an aromatic ring is 1. The largest absolute Gasteiger partial charge is 0.394 e. The summed E-state index contributed by atoms with van der Waals surface area (Å²) < 4.78 is 1.85. The molecule has 0 aromatic carbocycles. The van der Waals surface area contributed by atoms with Crippen LogP contribution in [0.15, 0.2) is 11.6 Å². The molecule has 4 nitrogen and oxygen atoms in total. The smallest absolute Gasteiger partial charge is 0.148 e. The van der Waals surface area contributed by atoms with Gasteiger partial charge in [-0.05, 0) is 20.8 Å². The van der Waals surface area contributed by atoms with Crippen molar-refractivity contribution in [2.45, 2.75) is 26.8 Å². The Morgan fingerprint density at radius 1 is 1.67 bits per heavy atom. The number of anilines is 2. The Hall–Kier alpha value is -1.16. The fourth-order valence-electron chi connectivity index (χ4n) is 1.29. The van der Waals surface area contributed by atoms with Crippen molar-refractivity contribution in [3.05, 3.63) is 17.3 Å². The van der Waals surface area contributed by atoms with Gasteiger partial charge in [0.25, 0.3) is 0 Å². The monoisotopic (exact) mass is 228 g/mol. The minimum atomic E-state index is 0.257. The predicted octanol–water partition coefficient (Wildman–Crippen LogP) is 2.52. The van der Waals surface area contributed by atoms with Crippen molar-refractivity contribution < 1.29 is 0 Å². The first-order valence-corrected chi connectivity index (χ1v) is 5.23. The van der Waals surface area contributed by atoms with Crippen LogP contribution in [0.3, 0.4) is 0 Å². The first-order chi connectivity index (χ1) is 6.93. The second-order valence-electron chi connectivity index (χ2n) is 3.76. The lowest BCUT2D eigenvalue weighted by atomic mass is 10.3. The molecule has 1 heterocycles.